The van der Waals surface area contributed by atoms with Crippen LogP contribution in [0.4, 0.5) is 11.4 Å². The molecule has 0 radical (unpaired) electrons. The van der Waals surface area contributed by atoms with Crippen LogP contribution in [0.15, 0.2) is 42.5 Å². The SMILES string of the molecule is Cc1cccc(N)c1N(C)C(C)c1ccccc1Cl. The molecule has 0 spiro atoms. The lowest BCUT2D eigenvalue weighted by Crippen LogP contribution is -2.23. The Morgan fingerprint density at radius 1 is 1.11 bits per heavy atom. The van der Waals surface area contributed by atoms with Crippen LogP contribution in [0.25, 0.3) is 0 Å². The van der Waals surface area contributed by atoms with Gasteiger partial charge in [-0.05, 0) is 37.1 Å². The molecule has 0 heterocycles. The summed E-state index contributed by atoms with van der Waals surface area (Å²) >= 11 is 6.27. The maximum absolute atomic E-state index is 6.27. The van der Waals surface area contributed by atoms with Gasteiger partial charge in [-0.25, -0.2) is 0 Å². The molecule has 0 aliphatic heterocycles. The van der Waals surface area contributed by atoms with Crippen LogP contribution in [0.5, 0.6) is 0 Å². The molecule has 2 N–H and O–H groups in total. The van der Waals surface area contributed by atoms with E-state index in [0.29, 0.717) is 0 Å². The fourth-order valence-corrected chi connectivity index (χ4v) is 2.67. The fraction of sp³-hybridized carbons (Fsp3) is 0.250. The molecule has 0 saturated heterocycles. The predicted molar refractivity (Wildman–Crippen MR) is 83.9 cm³/mol. The minimum atomic E-state index is 0.164. The van der Waals surface area contributed by atoms with E-state index in [-0.39, 0.29) is 6.04 Å². The van der Waals surface area contributed by atoms with Crippen LogP contribution in [0.3, 0.4) is 0 Å². The average molecular weight is 275 g/mol. The molecule has 0 aliphatic carbocycles. The zero-order chi connectivity index (χ0) is 14.0. The molecular formula is C16H19ClN2. The maximum Gasteiger partial charge on any atom is 0.0632 e. The van der Waals surface area contributed by atoms with Gasteiger partial charge in [0.1, 0.15) is 0 Å². The Labute approximate surface area is 119 Å². The highest BCUT2D eigenvalue weighted by Gasteiger charge is 2.17. The molecule has 2 nitrogen and oxygen atoms in total. The number of nitrogen functional groups attached to an aromatic ring is 1. The first-order valence-corrected chi connectivity index (χ1v) is 6.72. The Hall–Kier alpha value is -1.67. The number of aryl methyl sites for hydroxylation is 1. The van der Waals surface area contributed by atoms with E-state index in [1.807, 2.05) is 37.4 Å². The number of hydrogen-bond acceptors (Lipinski definition) is 2. The van der Waals surface area contributed by atoms with Gasteiger partial charge in [-0.2, -0.15) is 0 Å². The number of rotatable bonds is 3. The predicted octanol–water partition coefficient (Wildman–Crippen LogP) is 4.43. The Morgan fingerprint density at radius 2 is 1.79 bits per heavy atom. The first kappa shape index (κ1) is 13.8. The van der Waals surface area contributed by atoms with E-state index >= 15 is 0 Å². The highest BCUT2D eigenvalue weighted by molar-refractivity contribution is 6.31. The van der Waals surface area contributed by atoms with Gasteiger partial charge in [0.2, 0.25) is 0 Å². The van der Waals surface area contributed by atoms with Crippen LogP contribution >= 0.6 is 11.6 Å². The summed E-state index contributed by atoms with van der Waals surface area (Å²) in [6.45, 7) is 4.20. The minimum Gasteiger partial charge on any atom is -0.397 e. The standard InChI is InChI=1S/C16H19ClN2/c1-11-7-6-10-15(18)16(11)19(3)12(2)13-8-4-5-9-14(13)17/h4-10,12H,18H2,1-3H3. The molecule has 0 aromatic heterocycles. The molecule has 0 bridgehead atoms. The molecule has 100 valence electrons. The molecule has 1 unspecified atom stereocenters. The second-order valence-corrected chi connectivity index (χ2v) is 5.23. The van der Waals surface area contributed by atoms with Crippen LogP contribution in [-0.2, 0) is 0 Å². The molecule has 2 aromatic carbocycles. The minimum absolute atomic E-state index is 0.164. The first-order chi connectivity index (χ1) is 9.02. The number of benzene rings is 2. The van der Waals surface area contributed by atoms with Gasteiger partial charge < -0.3 is 10.6 Å². The molecule has 2 aromatic rings. The molecule has 0 saturated carbocycles. The summed E-state index contributed by atoms with van der Waals surface area (Å²) in [5.41, 5.74) is 10.2. The Kier molecular flexibility index (Phi) is 4.01. The molecule has 0 aliphatic rings. The van der Waals surface area contributed by atoms with E-state index < -0.39 is 0 Å². The van der Waals surface area contributed by atoms with Gasteiger partial charge in [0.15, 0.2) is 0 Å². The van der Waals surface area contributed by atoms with Crippen molar-refractivity contribution in [2.45, 2.75) is 19.9 Å². The average Bonchev–Trinajstić information content (AvgIpc) is 2.38. The molecule has 0 fully saturated rings. The lowest BCUT2D eigenvalue weighted by atomic mass is 10.0. The van der Waals surface area contributed by atoms with Crippen molar-refractivity contribution in [2.75, 3.05) is 17.7 Å². The Balaban J connectivity index is 2.39. The quantitative estimate of drug-likeness (QED) is 0.839. The van der Waals surface area contributed by atoms with Crippen molar-refractivity contribution in [2.24, 2.45) is 0 Å². The smallest absolute Gasteiger partial charge is 0.0632 e. The number of nitrogens with zero attached hydrogens (tertiary/aromatic N) is 1. The van der Waals surface area contributed by atoms with E-state index in [4.69, 9.17) is 17.3 Å². The van der Waals surface area contributed by atoms with Crippen molar-refractivity contribution in [3.63, 3.8) is 0 Å². The summed E-state index contributed by atoms with van der Waals surface area (Å²) < 4.78 is 0. The Bertz CT molecular complexity index is 560. The van der Waals surface area contributed by atoms with Gasteiger partial charge in [-0.1, -0.05) is 41.9 Å². The van der Waals surface area contributed by atoms with Gasteiger partial charge >= 0.3 is 0 Å². The zero-order valence-electron chi connectivity index (χ0n) is 11.5. The lowest BCUT2D eigenvalue weighted by molar-refractivity contribution is 0.739. The lowest BCUT2D eigenvalue weighted by Gasteiger charge is -2.30. The van der Waals surface area contributed by atoms with E-state index in [2.05, 4.69) is 30.9 Å². The van der Waals surface area contributed by atoms with Gasteiger partial charge in [0.05, 0.1) is 17.4 Å². The zero-order valence-corrected chi connectivity index (χ0v) is 12.3. The Morgan fingerprint density at radius 3 is 2.42 bits per heavy atom. The van der Waals surface area contributed by atoms with Crippen molar-refractivity contribution in [3.8, 4) is 0 Å². The van der Waals surface area contributed by atoms with Crippen LogP contribution in [0.2, 0.25) is 5.02 Å². The monoisotopic (exact) mass is 274 g/mol. The second-order valence-electron chi connectivity index (χ2n) is 4.82. The molecule has 19 heavy (non-hydrogen) atoms. The van der Waals surface area contributed by atoms with Gasteiger partial charge in [-0.3, -0.25) is 0 Å². The summed E-state index contributed by atoms with van der Waals surface area (Å²) in [6, 6.07) is 14.1. The van der Waals surface area contributed by atoms with Crippen LogP contribution < -0.4 is 10.6 Å². The fourth-order valence-electron chi connectivity index (χ4n) is 2.38. The van der Waals surface area contributed by atoms with Crippen molar-refractivity contribution in [1.82, 2.24) is 0 Å². The van der Waals surface area contributed by atoms with Crippen LogP contribution in [-0.4, -0.2) is 7.05 Å². The maximum atomic E-state index is 6.27. The van der Waals surface area contributed by atoms with E-state index in [1.165, 1.54) is 5.56 Å². The van der Waals surface area contributed by atoms with Crippen molar-refractivity contribution in [1.29, 1.82) is 0 Å². The van der Waals surface area contributed by atoms with E-state index in [9.17, 15) is 0 Å². The number of anilines is 2. The van der Waals surface area contributed by atoms with Gasteiger partial charge in [-0.15, -0.1) is 0 Å². The topological polar surface area (TPSA) is 29.3 Å². The summed E-state index contributed by atoms with van der Waals surface area (Å²) in [4.78, 5) is 2.17. The van der Waals surface area contributed by atoms with Crippen molar-refractivity contribution < 1.29 is 0 Å². The van der Waals surface area contributed by atoms with Gasteiger partial charge in [0.25, 0.3) is 0 Å². The highest BCUT2D eigenvalue weighted by Crippen LogP contribution is 2.34. The molecule has 3 heteroatoms. The number of halogens is 1. The third kappa shape index (κ3) is 2.69. The number of para-hydroxylation sites is 1. The third-order valence-electron chi connectivity index (χ3n) is 3.56. The number of nitrogens with two attached hydrogens (primary N) is 1. The van der Waals surface area contributed by atoms with E-state index in [0.717, 1.165) is 22.0 Å². The summed E-state index contributed by atoms with van der Waals surface area (Å²) in [6.07, 6.45) is 0. The van der Waals surface area contributed by atoms with Crippen molar-refractivity contribution >= 4 is 23.0 Å². The first-order valence-electron chi connectivity index (χ1n) is 6.34. The largest absolute Gasteiger partial charge is 0.397 e. The molecule has 2 rings (SSSR count). The molecule has 1 atom stereocenters. The van der Waals surface area contributed by atoms with Crippen molar-refractivity contribution in [3.05, 3.63) is 58.6 Å². The van der Waals surface area contributed by atoms with Crippen LogP contribution in [0, 0.1) is 6.92 Å². The number of hydrogen-bond donors (Lipinski definition) is 1. The van der Waals surface area contributed by atoms with Gasteiger partial charge in [0, 0.05) is 12.1 Å². The highest BCUT2D eigenvalue weighted by atomic mass is 35.5. The summed E-state index contributed by atoms with van der Waals surface area (Å²) in [5, 5.41) is 0.786. The van der Waals surface area contributed by atoms with E-state index in [1.54, 1.807) is 0 Å². The normalized spacial score (nSPS) is 12.2. The van der Waals surface area contributed by atoms with Crippen LogP contribution in [0.1, 0.15) is 24.1 Å². The molecular weight excluding hydrogens is 256 g/mol. The summed E-state index contributed by atoms with van der Waals surface area (Å²) in [5.74, 6) is 0. The second kappa shape index (κ2) is 5.54. The molecule has 0 amide bonds. The third-order valence-corrected chi connectivity index (χ3v) is 3.90. The summed E-state index contributed by atoms with van der Waals surface area (Å²) in [7, 11) is 2.05.